The van der Waals surface area contributed by atoms with E-state index in [1.807, 2.05) is 0 Å². The van der Waals surface area contributed by atoms with Gasteiger partial charge in [-0.25, -0.2) is 0 Å². The van der Waals surface area contributed by atoms with Crippen molar-refractivity contribution in [2.75, 3.05) is 0 Å². The van der Waals surface area contributed by atoms with Crippen molar-refractivity contribution >= 4 is 16.5 Å². The van der Waals surface area contributed by atoms with Crippen molar-refractivity contribution in [2.24, 2.45) is 7.05 Å². The highest BCUT2D eigenvalue weighted by molar-refractivity contribution is 5.82. The van der Waals surface area contributed by atoms with Crippen LogP contribution in [0.5, 0.6) is 0 Å². The first kappa shape index (κ1) is 10.1. The number of nitro groups is 1. The summed E-state index contributed by atoms with van der Waals surface area (Å²) in [5, 5.41) is 13.0. The Morgan fingerprint density at radius 2 is 2.00 bits per heavy atom. The monoisotopic (exact) mass is 221 g/mol. The van der Waals surface area contributed by atoms with Gasteiger partial charge in [0.25, 0.3) is 16.8 Å². The quantitative estimate of drug-likeness (QED) is 0.546. The van der Waals surface area contributed by atoms with Crippen molar-refractivity contribution in [3.05, 3.63) is 49.0 Å². The predicted octanol–water partition coefficient (Wildman–Crippen LogP) is 0.135. The van der Waals surface area contributed by atoms with Gasteiger partial charge in [-0.05, 0) is 6.07 Å². The van der Waals surface area contributed by atoms with E-state index in [0.717, 1.165) is 10.7 Å². The van der Waals surface area contributed by atoms with Gasteiger partial charge in [-0.15, -0.1) is 0 Å². The minimum atomic E-state index is -0.615. The first-order chi connectivity index (χ1) is 7.50. The molecule has 0 spiro atoms. The molecule has 0 atom stereocenters. The zero-order valence-corrected chi connectivity index (χ0v) is 8.26. The van der Waals surface area contributed by atoms with Crippen molar-refractivity contribution in [3.8, 4) is 0 Å². The van der Waals surface area contributed by atoms with E-state index in [0.29, 0.717) is 0 Å². The van der Waals surface area contributed by atoms with E-state index in [4.69, 9.17) is 0 Å². The summed E-state index contributed by atoms with van der Waals surface area (Å²) >= 11 is 0. The molecule has 1 N–H and O–H groups in total. The van der Waals surface area contributed by atoms with E-state index < -0.39 is 16.0 Å². The predicted molar refractivity (Wildman–Crippen MR) is 56.5 cm³/mol. The normalized spacial score (nSPS) is 10.6. The molecule has 1 heterocycles. The summed E-state index contributed by atoms with van der Waals surface area (Å²) in [5.41, 5.74) is -1.14. The molecule has 16 heavy (non-hydrogen) atoms. The average Bonchev–Trinajstić information content (AvgIpc) is 2.25. The van der Waals surface area contributed by atoms with Crippen molar-refractivity contribution < 1.29 is 4.92 Å². The molecule has 2 rings (SSSR count). The van der Waals surface area contributed by atoms with Gasteiger partial charge in [-0.3, -0.25) is 29.5 Å². The fourth-order valence-corrected chi connectivity index (χ4v) is 1.46. The summed E-state index contributed by atoms with van der Waals surface area (Å²) in [7, 11) is 1.41. The van der Waals surface area contributed by atoms with Crippen LogP contribution < -0.4 is 11.1 Å². The number of aromatic amines is 1. The van der Waals surface area contributed by atoms with Crippen molar-refractivity contribution in [3.63, 3.8) is 0 Å². The van der Waals surface area contributed by atoms with Crippen LogP contribution >= 0.6 is 0 Å². The van der Waals surface area contributed by atoms with Crippen molar-refractivity contribution in [2.45, 2.75) is 0 Å². The number of nitrogens with zero attached hydrogens (tertiary/aromatic N) is 2. The van der Waals surface area contributed by atoms with Crippen molar-refractivity contribution in [1.82, 2.24) is 9.78 Å². The number of benzene rings is 1. The second-order valence-electron chi connectivity index (χ2n) is 3.29. The maximum absolute atomic E-state index is 11.6. The zero-order chi connectivity index (χ0) is 11.9. The molecule has 0 fully saturated rings. The Kier molecular flexibility index (Phi) is 2.08. The third-order valence-corrected chi connectivity index (χ3v) is 2.26. The third-order valence-electron chi connectivity index (χ3n) is 2.26. The summed E-state index contributed by atoms with van der Waals surface area (Å²) in [5.74, 6) is 0. The lowest BCUT2D eigenvalue weighted by molar-refractivity contribution is -0.384. The van der Waals surface area contributed by atoms with Crippen molar-refractivity contribution in [1.29, 1.82) is 0 Å². The molecule has 0 saturated carbocycles. The van der Waals surface area contributed by atoms with Crippen LogP contribution in [-0.4, -0.2) is 14.7 Å². The molecule has 1 aromatic heterocycles. The molecule has 0 aliphatic carbocycles. The van der Waals surface area contributed by atoms with Crippen LogP contribution in [0.25, 0.3) is 10.8 Å². The molecule has 7 heteroatoms. The van der Waals surface area contributed by atoms with Crippen LogP contribution in [0.3, 0.4) is 0 Å². The topological polar surface area (TPSA) is 98.0 Å². The molecule has 7 nitrogen and oxygen atoms in total. The number of H-pyrrole nitrogens is 1. The van der Waals surface area contributed by atoms with Gasteiger partial charge >= 0.3 is 0 Å². The van der Waals surface area contributed by atoms with Gasteiger partial charge in [-0.1, -0.05) is 0 Å². The number of rotatable bonds is 1. The van der Waals surface area contributed by atoms with Gasteiger partial charge in [0.05, 0.1) is 15.7 Å². The molecule has 1 aromatic carbocycles. The summed E-state index contributed by atoms with van der Waals surface area (Å²) < 4.78 is 1.04. The van der Waals surface area contributed by atoms with E-state index in [-0.39, 0.29) is 16.5 Å². The van der Waals surface area contributed by atoms with Gasteiger partial charge in [-0.2, -0.15) is 0 Å². The van der Waals surface area contributed by atoms with Gasteiger partial charge in [0.1, 0.15) is 0 Å². The standard InChI is InChI=1S/C9H7N3O4/c1-11-9(14)6-3-2-5(12(15)16)4-7(6)8(13)10-11/h2-4H,1H3,(H,10,13). The van der Waals surface area contributed by atoms with Crippen LogP contribution in [0.2, 0.25) is 0 Å². The molecule has 0 aliphatic rings. The molecule has 0 bridgehead atoms. The Hall–Kier alpha value is -2.44. The lowest BCUT2D eigenvalue weighted by Crippen LogP contribution is -2.27. The number of hydrogen-bond acceptors (Lipinski definition) is 4. The second kappa shape index (κ2) is 3.30. The number of nitro benzene ring substituents is 1. The smallest absolute Gasteiger partial charge is 0.267 e. The Labute approximate surface area is 88.1 Å². The van der Waals surface area contributed by atoms with E-state index in [2.05, 4.69) is 5.10 Å². The highest BCUT2D eigenvalue weighted by Crippen LogP contribution is 2.14. The molecular formula is C9H7N3O4. The molecule has 0 unspecified atom stereocenters. The van der Waals surface area contributed by atoms with E-state index >= 15 is 0 Å². The number of nitrogens with one attached hydrogen (secondary N) is 1. The van der Waals surface area contributed by atoms with E-state index in [9.17, 15) is 19.7 Å². The minimum absolute atomic E-state index is 0.0253. The second-order valence-corrected chi connectivity index (χ2v) is 3.29. The maximum atomic E-state index is 11.6. The highest BCUT2D eigenvalue weighted by atomic mass is 16.6. The summed E-state index contributed by atoms with van der Waals surface area (Å²) in [6, 6.07) is 3.57. The lowest BCUT2D eigenvalue weighted by atomic mass is 10.2. The van der Waals surface area contributed by atoms with Crippen LogP contribution in [0.1, 0.15) is 0 Å². The van der Waals surface area contributed by atoms with Gasteiger partial charge < -0.3 is 0 Å². The van der Waals surface area contributed by atoms with Crippen LogP contribution in [-0.2, 0) is 7.05 Å². The number of hydrogen-bond donors (Lipinski definition) is 1. The van der Waals surface area contributed by atoms with E-state index in [1.54, 1.807) is 0 Å². The number of aromatic nitrogens is 2. The molecule has 0 radical (unpaired) electrons. The number of fused-ring (bicyclic) bond motifs is 1. The van der Waals surface area contributed by atoms with Gasteiger partial charge in [0.2, 0.25) is 0 Å². The van der Waals surface area contributed by atoms with Crippen LogP contribution in [0.15, 0.2) is 27.8 Å². The van der Waals surface area contributed by atoms with Crippen LogP contribution in [0, 0.1) is 10.1 Å². The summed E-state index contributed by atoms with van der Waals surface area (Å²) in [4.78, 5) is 33.0. The molecular weight excluding hydrogens is 214 g/mol. The molecule has 2 aromatic rings. The Bertz CT molecular complexity index is 698. The SMILES string of the molecule is Cn1[nH]c(=O)c2cc([N+](=O)[O-])ccc2c1=O. The van der Waals surface area contributed by atoms with E-state index in [1.165, 1.54) is 19.2 Å². The fraction of sp³-hybridized carbons (Fsp3) is 0.111. The molecule has 0 aliphatic heterocycles. The Balaban J connectivity index is 2.96. The third kappa shape index (κ3) is 1.38. The van der Waals surface area contributed by atoms with Crippen LogP contribution in [0.4, 0.5) is 5.69 Å². The molecule has 0 saturated heterocycles. The summed E-state index contributed by atoms with van der Waals surface area (Å²) in [6.07, 6.45) is 0. The fourth-order valence-electron chi connectivity index (χ4n) is 1.46. The Morgan fingerprint density at radius 1 is 1.31 bits per heavy atom. The maximum Gasteiger partial charge on any atom is 0.272 e. The first-order valence-corrected chi connectivity index (χ1v) is 4.38. The zero-order valence-electron chi connectivity index (χ0n) is 8.26. The number of aryl methyl sites for hydroxylation is 1. The minimum Gasteiger partial charge on any atom is -0.267 e. The van der Waals surface area contributed by atoms with Gasteiger partial charge in [0.15, 0.2) is 0 Å². The number of non-ortho nitro benzene ring substituents is 1. The Morgan fingerprint density at radius 3 is 2.62 bits per heavy atom. The highest BCUT2D eigenvalue weighted by Gasteiger charge is 2.11. The first-order valence-electron chi connectivity index (χ1n) is 4.38. The average molecular weight is 221 g/mol. The lowest BCUT2D eigenvalue weighted by Gasteiger charge is -2.00. The summed E-state index contributed by atoms with van der Waals surface area (Å²) in [6.45, 7) is 0. The van der Waals surface area contributed by atoms with Gasteiger partial charge in [0, 0.05) is 19.2 Å². The molecule has 0 amide bonds. The molecule has 82 valence electrons. The largest absolute Gasteiger partial charge is 0.272 e.